The van der Waals surface area contributed by atoms with Crippen LogP contribution < -0.4 is 5.32 Å². The van der Waals surface area contributed by atoms with Gasteiger partial charge in [-0.15, -0.1) is 0 Å². The molecule has 2 aromatic rings. The number of hydrogen-bond donors (Lipinski definition) is 1. The number of halogens is 2. The first-order chi connectivity index (χ1) is 10.1. The van der Waals surface area contributed by atoms with Gasteiger partial charge in [0.15, 0.2) is 11.6 Å². The van der Waals surface area contributed by atoms with E-state index in [1.807, 2.05) is 6.92 Å². The minimum absolute atomic E-state index is 0.0717. The van der Waals surface area contributed by atoms with E-state index in [0.29, 0.717) is 18.1 Å². The summed E-state index contributed by atoms with van der Waals surface area (Å²) in [5, 5.41) is 3.19. The van der Waals surface area contributed by atoms with E-state index in [9.17, 15) is 8.78 Å². The number of anilines is 1. The molecule has 0 amide bonds. The second kappa shape index (κ2) is 5.73. The fourth-order valence-electron chi connectivity index (χ4n) is 2.39. The van der Waals surface area contributed by atoms with Gasteiger partial charge >= 0.3 is 0 Å². The molecular formula is C15H15F2N3O. The van der Waals surface area contributed by atoms with Gasteiger partial charge in [0.2, 0.25) is 5.95 Å². The van der Waals surface area contributed by atoms with E-state index in [1.165, 1.54) is 6.07 Å². The zero-order valence-electron chi connectivity index (χ0n) is 11.5. The van der Waals surface area contributed by atoms with Crippen LogP contribution in [0.25, 0.3) is 0 Å². The molecule has 2 heterocycles. The molecule has 1 fully saturated rings. The van der Waals surface area contributed by atoms with Crippen molar-refractivity contribution in [2.24, 2.45) is 0 Å². The van der Waals surface area contributed by atoms with Gasteiger partial charge in [-0.2, -0.15) is 0 Å². The highest BCUT2D eigenvalue weighted by Gasteiger charge is 2.30. The number of rotatable bonds is 3. The number of nitrogens with one attached hydrogen (secondary N) is 1. The summed E-state index contributed by atoms with van der Waals surface area (Å²) in [4.78, 5) is 8.38. The van der Waals surface area contributed by atoms with Crippen LogP contribution in [0.15, 0.2) is 30.6 Å². The van der Waals surface area contributed by atoms with Gasteiger partial charge in [-0.25, -0.2) is 18.7 Å². The lowest BCUT2D eigenvalue weighted by atomic mass is 10.0. The van der Waals surface area contributed by atoms with Crippen molar-refractivity contribution in [3.05, 3.63) is 53.4 Å². The molecule has 1 aliphatic heterocycles. The Balaban J connectivity index is 1.78. The molecule has 110 valence electrons. The molecular weight excluding hydrogens is 276 g/mol. The molecule has 1 aliphatic rings. The number of nitrogens with zero attached hydrogens (tertiary/aromatic N) is 2. The highest BCUT2D eigenvalue weighted by atomic mass is 19.2. The van der Waals surface area contributed by atoms with Gasteiger partial charge in [0, 0.05) is 19.0 Å². The Morgan fingerprint density at radius 1 is 1.19 bits per heavy atom. The molecule has 2 unspecified atom stereocenters. The molecule has 3 rings (SSSR count). The summed E-state index contributed by atoms with van der Waals surface area (Å²) in [6, 6.07) is 3.76. The third-order valence-corrected chi connectivity index (χ3v) is 3.46. The summed E-state index contributed by atoms with van der Waals surface area (Å²) in [5.41, 5.74) is 1.58. The minimum atomic E-state index is -0.867. The SMILES string of the molecule is Cc1cnc(NC2CCOC2c2ccc(F)c(F)c2)nc1. The first kappa shape index (κ1) is 13.9. The van der Waals surface area contributed by atoms with Crippen LogP contribution in [0.5, 0.6) is 0 Å². The van der Waals surface area contributed by atoms with Gasteiger partial charge in [-0.1, -0.05) is 6.07 Å². The molecule has 0 radical (unpaired) electrons. The van der Waals surface area contributed by atoms with Crippen molar-refractivity contribution < 1.29 is 13.5 Å². The van der Waals surface area contributed by atoms with Crippen molar-refractivity contribution in [3.8, 4) is 0 Å². The molecule has 0 aliphatic carbocycles. The Bertz CT molecular complexity index is 633. The Morgan fingerprint density at radius 3 is 2.67 bits per heavy atom. The number of hydrogen-bond acceptors (Lipinski definition) is 4. The molecule has 0 spiro atoms. The molecule has 0 saturated carbocycles. The van der Waals surface area contributed by atoms with E-state index in [-0.39, 0.29) is 12.1 Å². The van der Waals surface area contributed by atoms with Crippen molar-refractivity contribution in [2.75, 3.05) is 11.9 Å². The lowest BCUT2D eigenvalue weighted by Gasteiger charge is -2.20. The summed E-state index contributed by atoms with van der Waals surface area (Å²) in [6.07, 6.45) is 3.85. The Morgan fingerprint density at radius 2 is 1.95 bits per heavy atom. The molecule has 1 saturated heterocycles. The quantitative estimate of drug-likeness (QED) is 0.944. The van der Waals surface area contributed by atoms with Crippen LogP contribution in [-0.2, 0) is 4.74 Å². The van der Waals surface area contributed by atoms with Crippen LogP contribution in [0.1, 0.15) is 23.7 Å². The van der Waals surface area contributed by atoms with Crippen molar-refractivity contribution >= 4 is 5.95 Å². The van der Waals surface area contributed by atoms with Crippen molar-refractivity contribution in [1.82, 2.24) is 9.97 Å². The predicted octanol–water partition coefficient (Wildman–Crippen LogP) is 3.01. The van der Waals surface area contributed by atoms with E-state index in [2.05, 4.69) is 15.3 Å². The van der Waals surface area contributed by atoms with Gasteiger partial charge in [0.1, 0.15) is 6.10 Å². The lowest BCUT2D eigenvalue weighted by molar-refractivity contribution is 0.107. The van der Waals surface area contributed by atoms with E-state index in [4.69, 9.17) is 4.74 Å². The second-order valence-electron chi connectivity index (χ2n) is 5.09. The number of aryl methyl sites for hydroxylation is 1. The lowest BCUT2D eigenvalue weighted by Crippen LogP contribution is -2.24. The zero-order valence-corrected chi connectivity index (χ0v) is 11.5. The van der Waals surface area contributed by atoms with Gasteiger partial charge in [-0.05, 0) is 36.6 Å². The fraction of sp³-hybridized carbons (Fsp3) is 0.333. The summed E-state index contributed by atoms with van der Waals surface area (Å²) < 4.78 is 32.0. The molecule has 6 heteroatoms. The standard InChI is InChI=1S/C15H15F2N3O/c1-9-7-18-15(19-8-9)20-13-4-5-21-14(13)10-2-3-11(16)12(17)6-10/h2-3,6-8,13-14H,4-5H2,1H3,(H,18,19,20). The minimum Gasteiger partial charge on any atom is -0.371 e. The van der Waals surface area contributed by atoms with E-state index >= 15 is 0 Å². The largest absolute Gasteiger partial charge is 0.371 e. The van der Waals surface area contributed by atoms with Gasteiger partial charge in [0.05, 0.1) is 6.04 Å². The normalized spacial score (nSPS) is 21.5. The van der Waals surface area contributed by atoms with Crippen LogP contribution in [0.2, 0.25) is 0 Å². The third-order valence-electron chi connectivity index (χ3n) is 3.46. The Hall–Kier alpha value is -2.08. The highest BCUT2D eigenvalue weighted by Crippen LogP contribution is 2.31. The average Bonchev–Trinajstić information content (AvgIpc) is 2.92. The predicted molar refractivity (Wildman–Crippen MR) is 73.8 cm³/mol. The first-order valence-corrected chi connectivity index (χ1v) is 6.75. The zero-order chi connectivity index (χ0) is 14.8. The molecule has 1 aromatic carbocycles. The summed E-state index contributed by atoms with van der Waals surface area (Å²) >= 11 is 0. The molecule has 21 heavy (non-hydrogen) atoms. The Kier molecular flexibility index (Phi) is 3.79. The summed E-state index contributed by atoms with van der Waals surface area (Å²) in [5.74, 6) is -1.22. The maximum atomic E-state index is 13.4. The van der Waals surface area contributed by atoms with Crippen LogP contribution in [0.3, 0.4) is 0 Å². The van der Waals surface area contributed by atoms with Crippen LogP contribution >= 0.6 is 0 Å². The van der Waals surface area contributed by atoms with Gasteiger partial charge in [-0.3, -0.25) is 0 Å². The molecule has 2 atom stereocenters. The number of aromatic nitrogens is 2. The molecule has 4 nitrogen and oxygen atoms in total. The van der Waals surface area contributed by atoms with Crippen molar-refractivity contribution in [3.63, 3.8) is 0 Å². The summed E-state index contributed by atoms with van der Waals surface area (Å²) in [6.45, 7) is 2.46. The maximum Gasteiger partial charge on any atom is 0.222 e. The average molecular weight is 291 g/mol. The number of ether oxygens (including phenoxy) is 1. The summed E-state index contributed by atoms with van der Waals surface area (Å²) in [7, 11) is 0. The van der Waals surface area contributed by atoms with Crippen LogP contribution in [0, 0.1) is 18.6 Å². The fourth-order valence-corrected chi connectivity index (χ4v) is 2.39. The number of benzene rings is 1. The van der Waals surface area contributed by atoms with Crippen molar-refractivity contribution in [2.45, 2.75) is 25.5 Å². The maximum absolute atomic E-state index is 13.4. The van der Waals surface area contributed by atoms with E-state index in [0.717, 1.165) is 18.1 Å². The van der Waals surface area contributed by atoms with Gasteiger partial charge in [0.25, 0.3) is 0 Å². The highest BCUT2D eigenvalue weighted by molar-refractivity contribution is 5.31. The third kappa shape index (κ3) is 3.00. The van der Waals surface area contributed by atoms with Crippen LogP contribution in [0.4, 0.5) is 14.7 Å². The monoisotopic (exact) mass is 291 g/mol. The molecule has 1 N–H and O–H groups in total. The van der Waals surface area contributed by atoms with Crippen molar-refractivity contribution in [1.29, 1.82) is 0 Å². The molecule has 0 bridgehead atoms. The van der Waals surface area contributed by atoms with Crippen LogP contribution in [-0.4, -0.2) is 22.6 Å². The first-order valence-electron chi connectivity index (χ1n) is 6.75. The smallest absolute Gasteiger partial charge is 0.222 e. The Labute approximate surface area is 121 Å². The molecule has 1 aromatic heterocycles. The second-order valence-corrected chi connectivity index (χ2v) is 5.09. The van der Waals surface area contributed by atoms with E-state index in [1.54, 1.807) is 18.5 Å². The van der Waals surface area contributed by atoms with Gasteiger partial charge < -0.3 is 10.1 Å². The topological polar surface area (TPSA) is 47.0 Å². The van der Waals surface area contributed by atoms with E-state index < -0.39 is 11.6 Å².